The Morgan fingerprint density at radius 1 is 1.35 bits per heavy atom. The van der Waals surface area contributed by atoms with Crippen LogP contribution in [0.15, 0.2) is 24.3 Å². The van der Waals surface area contributed by atoms with Gasteiger partial charge < -0.3 is 5.11 Å². The zero-order chi connectivity index (χ0) is 19.1. The van der Waals surface area contributed by atoms with Crippen LogP contribution in [0.3, 0.4) is 0 Å². The number of halogens is 3. The minimum Gasteiger partial charge on any atom is -0.374 e. The second-order valence-electron chi connectivity index (χ2n) is 5.50. The van der Waals surface area contributed by atoms with Crippen LogP contribution in [-0.2, 0) is 15.2 Å². The Morgan fingerprint density at radius 2 is 2.04 bits per heavy atom. The lowest BCUT2D eigenvalue weighted by molar-refractivity contribution is -0.267. The van der Waals surface area contributed by atoms with E-state index in [0.29, 0.717) is 21.0 Å². The SMILES string of the molecule is O=C1CN(NC(=O)C[C@](O)(c2nc3ccccc3s2)C(F)(F)F)C(=O)N1. The molecular formula is C14H11F3N4O4S. The van der Waals surface area contributed by atoms with Crippen LogP contribution in [0, 0.1) is 0 Å². The Hall–Kier alpha value is -2.73. The zero-order valence-corrected chi connectivity index (χ0v) is 13.6. The number of nitrogens with zero attached hydrogens (tertiary/aromatic N) is 2. The first-order valence-electron chi connectivity index (χ1n) is 7.16. The molecule has 8 nitrogen and oxygen atoms in total. The summed E-state index contributed by atoms with van der Waals surface area (Å²) in [5.74, 6) is -2.01. The average Bonchev–Trinajstić information content (AvgIpc) is 3.09. The average molecular weight is 388 g/mol. The molecule has 2 heterocycles. The number of alkyl halides is 3. The molecule has 26 heavy (non-hydrogen) atoms. The van der Waals surface area contributed by atoms with E-state index in [2.05, 4.69) is 4.98 Å². The van der Waals surface area contributed by atoms with E-state index in [4.69, 9.17) is 0 Å². The Bertz CT molecular complexity index is 867. The first-order chi connectivity index (χ1) is 12.1. The fraction of sp³-hybridized carbons (Fsp3) is 0.286. The summed E-state index contributed by atoms with van der Waals surface area (Å²) < 4.78 is 41.0. The summed E-state index contributed by atoms with van der Waals surface area (Å²) in [7, 11) is 0. The molecule has 2 aromatic rings. The minimum atomic E-state index is -5.19. The van der Waals surface area contributed by atoms with Crippen molar-refractivity contribution in [1.82, 2.24) is 20.7 Å². The molecule has 3 N–H and O–H groups in total. The van der Waals surface area contributed by atoms with Gasteiger partial charge in [0, 0.05) is 0 Å². The fourth-order valence-electron chi connectivity index (χ4n) is 2.30. The second kappa shape index (κ2) is 6.21. The summed E-state index contributed by atoms with van der Waals surface area (Å²) in [4.78, 5) is 38.2. The number of fused-ring (bicyclic) bond motifs is 1. The van der Waals surface area contributed by atoms with Crippen molar-refractivity contribution >= 4 is 39.4 Å². The summed E-state index contributed by atoms with van der Waals surface area (Å²) in [6.07, 6.45) is -6.62. The molecule has 0 bridgehead atoms. The molecule has 1 aliphatic rings. The molecule has 1 saturated heterocycles. The number of carbonyl (C=O) groups excluding carboxylic acids is 3. The minimum absolute atomic E-state index is 0.250. The Labute approximate surface area is 147 Å². The normalized spacial score (nSPS) is 17.3. The summed E-state index contributed by atoms with van der Waals surface area (Å²) in [5.41, 5.74) is -1.42. The number of rotatable bonds is 4. The highest BCUT2D eigenvalue weighted by Gasteiger charge is 2.58. The smallest absolute Gasteiger partial charge is 0.374 e. The number of amides is 4. The topological polar surface area (TPSA) is 112 Å². The number of nitrogens with one attached hydrogen (secondary N) is 2. The molecule has 1 aromatic heterocycles. The van der Waals surface area contributed by atoms with E-state index in [9.17, 15) is 32.7 Å². The van der Waals surface area contributed by atoms with Gasteiger partial charge in [0.2, 0.25) is 17.4 Å². The Balaban J connectivity index is 1.87. The van der Waals surface area contributed by atoms with Gasteiger partial charge in [-0.1, -0.05) is 12.1 Å². The number of carbonyl (C=O) groups is 3. The lowest BCUT2D eigenvalue weighted by Gasteiger charge is -2.28. The van der Waals surface area contributed by atoms with Gasteiger partial charge in [-0.3, -0.25) is 20.3 Å². The Kier molecular flexibility index (Phi) is 4.32. The first kappa shape index (κ1) is 18.1. The van der Waals surface area contributed by atoms with E-state index in [1.165, 1.54) is 12.1 Å². The van der Waals surface area contributed by atoms with Crippen molar-refractivity contribution in [2.45, 2.75) is 18.2 Å². The van der Waals surface area contributed by atoms with E-state index in [0.717, 1.165) is 0 Å². The largest absolute Gasteiger partial charge is 0.424 e. The number of aromatic nitrogens is 1. The summed E-state index contributed by atoms with van der Waals surface area (Å²) in [6.45, 7) is -0.532. The predicted molar refractivity (Wildman–Crippen MR) is 82.6 cm³/mol. The number of imide groups is 1. The van der Waals surface area contributed by atoms with Crippen molar-refractivity contribution in [3.05, 3.63) is 29.3 Å². The van der Waals surface area contributed by atoms with Gasteiger partial charge in [-0.2, -0.15) is 13.2 Å². The summed E-state index contributed by atoms with van der Waals surface area (Å²) in [6, 6.07) is 5.22. The highest BCUT2D eigenvalue weighted by molar-refractivity contribution is 7.18. The molecule has 3 rings (SSSR count). The van der Waals surface area contributed by atoms with Crippen LogP contribution in [0.2, 0.25) is 0 Å². The van der Waals surface area contributed by atoms with E-state index >= 15 is 0 Å². The van der Waals surface area contributed by atoms with Crippen LogP contribution < -0.4 is 10.7 Å². The molecule has 0 radical (unpaired) electrons. The highest BCUT2D eigenvalue weighted by Crippen LogP contribution is 2.44. The highest BCUT2D eigenvalue weighted by atomic mass is 32.1. The van der Waals surface area contributed by atoms with Gasteiger partial charge in [-0.25, -0.2) is 14.8 Å². The molecule has 12 heteroatoms. The van der Waals surface area contributed by atoms with Crippen LogP contribution >= 0.6 is 11.3 Å². The third kappa shape index (κ3) is 3.20. The fourth-order valence-corrected chi connectivity index (χ4v) is 3.37. The number of thiazole rings is 1. The number of para-hydroxylation sites is 1. The van der Waals surface area contributed by atoms with E-state index in [-0.39, 0.29) is 5.52 Å². The summed E-state index contributed by atoms with van der Waals surface area (Å²) >= 11 is 0.609. The number of benzene rings is 1. The van der Waals surface area contributed by atoms with Crippen molar-refractivity contribution in [1.29, 1.82) is 0 Å². The molecule has 1 aromatic carbocycles. The maximum absolute atomic E-state index is 13.5. The molecule has 1 atom stereocenters. The van der Waals surface area contributed by atoms with Crippen molar-refractivity contribution < 1.29 is 32.7 Å². The number of urea groups is 1. The van der Waals surface area contributed by atoms with Crippen molar-refractivity contribution in [2.75, 3.05) is 6.54 Å². The molecule has 4 amide bonds. The summed E-state index contributed by atoms with van der Waals surface area (Å²) in [5, 5.41) is 11.9. The van der Waals surface area contributed by atoms with Gasteiger partial charge in [0.1, 0.15) is 11.6 Å². The van der Waals surface area contributed by atoms with Gasteiger partial charge in [-0.05, 0) is 12.1 Å². The number of hydrogen-bond donors (Lipinski definition) is 3. The lowest BCUT2D eigenvalue weighted by atomic mass is 9.99. The monoisotopic (exact) mass is 388 g/mol. The van der Waals surface area contributed by atoms with Gasteiger partial charge in [0.25, 0.3) is 0 Å². The number of aliphatic hydroxyl groups is 1. The quantitative estimate of drug-likeness (QED) is 0.677. The third-order valence-electron chi connectivity index (χ3n) is 3.59. The van der Waals surface area contributed by atoms with Crippen molar-refractivity contribution in [2.24, 2.45) is 0 Å². The van der Waals surface area contributed by atoms with Gasteiger partial charge >= 0.3 is 12.2 Å². The van der Waals surface area contributed by atoms with Gasteiger partial charge in [0.15, 0.2) is 0 Å². The van der Waals surface area contributed by atoms with Crippen molar-refractivity contribution in [3.8, 4) is 0 Å². The number of hydrogen-bond acceptors (Lipinski definition) is 6. The molecular weight excluding hydrogens is 377 g/mol. The third-order valence-corrected chi connectivity index (χ3v) is 4.77. The van der Waals surface area contributed by atoms with Gasteiger partial charge in [-0.15, -0.1) is 11.3 Å². The van der Waals surface area contributed by atoms with E-state index in [1.54, 1.807) is 12.1 Å². The Morgan fingerprint density at radius 3 is 2.62 bits per heavy atom. The van der Waals surface area contributed by atoms with Crippen LogP contribution in [0.4, 0.5) is 18.0 Å². The van der Waals surface area contributed by atoms with Crippen molar-refractivity contribution in [3.63, 3.8) is 0 Å². The maximum Gasteiger partial charge on any atom is 0.424 e. The first-order valence-corrected chi connectivity index (χ1v) is 7.98. The molecule has 1 fully saturated rings. The predicted octanol–water partition coefficient (Wildman–Crippen LogP) is 1.02. The van der Waals surface area contributed by atoms with Crippen LogP contribution in [0.25, 0.3) is 10.2 Å². The molecule has 1 aliphatic heterocycles. The second-order valence-corrected chi connectivity index (χ2v) is 6.53. The lowest BCUT2D eigenvalue weighted by Crippen LogP contribution is -2.50. The molecule has 0 unspecified atom stereocenters. The van der Waals surface area contributed by atoms with Crippen LogP contribution in [0.1, 0.15) is 11.4 Å². The van der Waals surface area contributed by atoms with Gasteiger partial charge in [0.05, 0.1) is 16.6 Å². The molecule has 0 spiro atoms. The van der Waals surface area contributed by atoms with E-state index < -0.39 is 47.6 Å². The molecule has 0 aliphatic carbocycles. The van der Waals surface area contributed by atoms with Crippen LogP contribution in [0.5, 0.6) is 0 Å². The molecule has 138 valence electrons. The maximum atomic E-state index is 13.5. The van der Waals surface area contributed by atoms with Crippen LogP contribution in [-0.4, -0.2) is 45.7 Å². The standard InChI is InChI=1S/C14H11F3N4O4S/c15-14(16,17)13(25,11-18-7-3-1-2-4-8(7)26-11)5-9(22)20-21-6-10(23)19-12(21)24/h1-4,25H,5-6H2,(H,20,22)(H,19,23,24)/t13-/m0/s1. The molecule has 0 saturated carbocycles. The van der Waals surface area contributed by atoms with E-state index in [1.807, 2.05) is 10.7 Å². The zero-order valence-electron chi connectivity index (χ0n) is 12.8. The number of hydrazine groups is 1.